The lowest BCUT2D eigenvalue weighted by Crippen LogP contribution is -2.32. The normalized spacial score (nSPS) is 17.8. The van der Waals surface area contributed by atoms with Gasteiger partial charge in [0, 0.05) is 24.4 Å². The molecule has 2 aromatic rings. The Labute approximate surface area is 200 Å². The van der Waals surface area contributed by atoms with Gasteiger partial charge in [0.1, 0.15) is 10.7 Å². The number of imide groups is 1. The van der Waals surface area contributed by atoms with E-state index in [1.165, 1.54) is 31.4 Å². The van der Waals surface area contributed by atoms with Gasteiger partial charge in [0.25, 0.3) is 17.7 Å². The molecule has 2 N–H and O–H groups in total. The number of rotatable bonds is 7. The Hall–Kier alpha value is -3.69. The first-order valence-electron chi connectivity index (χ1n) is 10.6. The standard InChI is InChI=1S/C24H22ClN3O6/c1-33-24(32)15-4-2-5-17(12-15)28-22(30)19(25)20(23(28)31)27-16-9-7-14(8-10-16)21(29)26-13-18-6-3-11-34-18/h2,4-5,7-10,12,18,27H,3,6,11,13H2,1H3,(H,26,29). The molecule has 1 atom stereocenters. The van der Waals surface area contributed by atoms with E-state index in [9.17, 15) is 19.2 Å². The first kappa shape index (κ1) is 23.5. The first-order valence-corrected chi connectivity index (χ1v) is 11.0. The van der Waals surface area contributed by atoms with Crippen molar-refractivity contribution in [3.63, 3.8) is 0 Å². The fourth-order valence-electron chi connectivity index (χ4n) is 3.70. The van der Waals surface area contributed by atoms with Crippen LogP contribution in [0.25, 0.3) is 0 Å². The van der Waals surface area contributed by atoms with Gasteiger partial charge in [-0.3, -0.25) is 14.4 Å². The summed E-state index contributed by atoms with van der Waals surface area (Å²) in [7, 11) is 1.24. The molecule has 0 aliphatic carbocycles. The van der Waals surface area contributed by atoms with Crippen molar-refractivity contribution in [3.05, 3.63) is 70.4 Å². The Morgan fingerprint density at radius 2 is 1.88 bits per heavy atom. The zero-order valence-electron chi connectivity index (χ0n) is 18.3. The summed E-state index contributed by atoms with van der Waals surface area (Å²) < 4.78 is 10.2. The van der Waals surface area contributed by atoms with Gasteiger partial charge in [-0.25, -0.2) is 9.69 Å². The fraction of sp³-hybridized carbons (Fsp3) is 0.250. The van der Waals surface area contributed by atoms with Crippen molar-refractivity contribution in [2.75, 3.05) is 30.5 Å². The second-order valence-electron chi connectivity index (χ2n) is 7.72. The highest BCUT2D eigenvalue weighted by molar-refractivity contribution is 6.53. The van der Waals surface area contributed by atoms with Gasteiger partial charge in [0.15, 0.2) is 0 Å². The number of hydrogen-bond acceptors (Lipinski definition) is 7. The van der Waals surface area contributed by atoms with Crippen LogP contribution in [-0.4, -0.2) is 50.1 Å². The molecule has 1 saturated heterocycles. The maximum atomic E-state index is 13.0. The highest BCUT2D eigenvalue weighted by Crippen LogP contribution is 2.30. The molecule has 10 heteroatoms. The lowest BCUT2D eigenvalue weighted by molar-refractivity contribution is -0.120. The minimum atomic E-state index is -0.721. The quantitative estimate of drug-likeness (QED) is 0.459. The molecule has 1 fully saturated rings. The highest BCUT2D eigenvalue weighted by atomic mass is 35.5. The molecule has 0 spiro atoms. The summed E-state index contributed by atoms with van der Waals surface area (Å²) in [4.78, 5) is 50.7. The van der Waals surface area contributed by atoms with Crippen LogP contribution in [0.5, 0.6) is 0 Å². The minimum absolute atomic E-state index is 0.0427. The maximum Gasteiger partial charge on any atom is 0.337 e. The van der Waals surface area contributed by atoms with Crippen LogP contribution >= 0.6 is 11.6 Å². The van der Waals surface area contributed by atoms with Crippen LogP contribution in [0, 0.1) is 0 Å². The van der Waals surface area contributed by atoms with Crippen LogP contribution in [0.4, 0.5) is 11.4 Å². The number of amides is 3. The van der Waals surface area contributed by atoms with Gasteiger partial charge in [0.05, 0.1) is 24.5 Å². The van der Waals surface area contributed by atoms with Crippen LogP contribution in [0.3, 0.4) is 0 Å². The summed E-state index contributed by atoms with van der Waals surface area (Å²) in [5.41, 5.74) is 1.18. The molecular weight excluding hydrogens is 462 g/mol. The van der Waals surface area contributed by atoms with Crippen molar-refractivity contribution in [1.29, 1.82) is 0 Å². The summed E-state index contributed by atoms with van der Waals surface area (Å²) in [5, 5.41) is 5.41. The molecule has 34 heavy (non-hydrogen) atoms. The topological polar surface area (TPSA) is 114 Å². The highest BCUT2D eigenvalue weighted by Gasteiger charge is 2.39. The average molecular weight is 484 g/mol. The van der Waals surface area contributed by atoms with Gasteiger partial charge < -0.3 is 20.1 Å². The van der Waals surface area contributed by atoms with Crippen molar-refractivity contribution in [3.8, 4) is 0 Å². The third-order valence-electron chi connectivity index (χ3n) is 5.48. The van der Waals surface area contributed by atoms with Crippen LogP contribution in [0.2, 0.25) is 0 Å². The molecule has 2 aromatic carbocycles. The van der Waals surface area contributed by atoms with E-state index in [0.717, 1.165) is 17.7 Å². The number of carbonyl (C=O) groups is 4. The van der Waals surface area contributed by atoms with E-state index >= 15 is 0 Å². The lowest BCUT2D eigenvalue weighted by atomic mass is 10.1. The second-order valence-corrected chi connectivity index (χ2v) is 8.10. The van der Waals surface area contributed by atoms with E-state index in [1.807, 2.05) is 0 Å². The van der Waals surface area contributed by atoms with E-state index in [2.05, 4.69) is 15.4 Å². The molecule has 9 nitrogen and oxygen atoms in total. The maximum absolute atomic E-state index is 13.0. The van der Waals surface area contributed by atoms with Crippen LogP contribution < -0.4 is 15.5 Å². The molecule has 0 saturated carbocycles. The largest absolute Gasteiger partial charge is 0.465 e. The van der Waals surface area contributed by atoms with Gasteiger partial charge in [-0.1, -0.05) is 17.7 Å². The number of benzene rings is 2. The number of halogens is 1. The van der Waals surface area contributed by atoms with Gasteiger partial charge in [-0.05, 0) is 55.3 Å². The molecule has 0 bridgehead atoms. The zero-order chi connectivity index (χ0) is 24.2. The van der Waals surface area contributed by atoms with E-state index in [4.69, 9.17) is 16.3 Å². The number of nitrogens with one attached hydrogen (secondary N) is 2. The van der Waals surface area contributed by atoms with Gasteiger partial charge in [0.2, 0.25) is 0 Å². The van der Waals surface area contributed by atoms with Gasteiger partial charge >= 0.3 is 5.97 Å². The van der Waals surface area contributed by atoms with Crippen molar-refractivity contribution < 1.29 is 28.7 Å². The molecule has 2 heterocycles. The summed E-state index contributed by atoms with van der Waals surface area (Å²) in [6.45, 7) is 1.17. The van der Waals surface area contributed by atoms with E-state index < -0.39 is 17.8 Å². The van der Waals surface area contributed by atoms with Crippen molar-refractivity contribution in [2.24, 2.45) is 0 Å². The zero-order valence-corrected chi connectivity index (χ0v) is 19.1. The molecule has 1 unspecified atom stereocenters. The number of carbonyl (C=O) groups excluding carboxylic acids is 4. The van der Waals surface area contributed by atoms with E-state index in [-0.39, 0.29) is 34.0 Å². The third kappa shape index (κ3) is 4.80. The number of ether oxygens (including phenoxy) is 2. The monoisotopic (exact) mass is 483 g/mol. The van der Waals surface area contributed by atoms with Crippen LogP contribution in [-0.2, 0) is 19.1 Å². The summed E-state index contributed by atoms with van der Waals surface area (Å²) in [5.74, 6) is -2.22. The summed E-state index contributed by atoms with van der Waals surface area (Å²) >= 11 is 6.17. The van der Waals surface area contributed by atoms with Crippen LogP contribution in [0.1, 0.15) is 33.6 Å². The predicted molar refractivity (Wildman–Crippen MR) is 125 cm³/mol. The fourth-order valence-corrected chi connectivity index (χ4v) is 3.91. The molecule has 176 valence electrons. The number of hydrogen-bond donors (Lipinski definition) is 2. The van der Waals surface area contributed by atoms with Crippen molar-refractivity contribution in [2.45, 2.75) is 18.9 Å². The van der Waals surface area contributed by atoms with Gasteiger partial charge in [-0.15, -0.1) is 0 Å². The summed E-state index contributed by atoms with van der Waals surface area (Å²) in [6.07, 6.45) is 1.96. The molecule has 0 aromatic heterocycles. The molecule has 0 radical (unpaired) electrons. The lowest BCUT2D eigenvalue weighted by Gasteiger charge is -2.16. The average Bonchev–Trinajstić information content (AvgIpc) is 3.45. The first-order chi connectivity index (χ1) is 16.4. The second kappa shape index (κ2) is 10.1. The molecule has 2 aliphatic rings. The predicted octanol–water partition coefficient (Wildman–Crippen LogP) is 2.82. The van der Waals surface area contributed by atoms with Crippen molar-refractivity contribution >= 4 is 46.7 Å². The SMILES string of the molecule is COC(=O)c1cccc(N2C(=O)C(Cl)=C(Nc3ccc(C(=O)NCC4CCCO4)cc3)C2=O)c1. The molecular formula is C24H22ClN3O6. The number of anilines is 2. The van der Waals surface area contributed by atoms with Crippen molar-refractivity contribution in [1.82, 2.24) is 5.32 Å². The third-order valence-corrected chi connectivity index (χ3v) is 5.83. The summed E-state index contributed by atoms with van der Waals surface area (Å²) in [6, 6.07) is 12.3. The Bertz CT molecular complexity index is 1170. The Balaban J connectivity index is 1.44. The smallest absolute Gasteiger partial charge is 0.337 e. The van der Waals surface area contributed by atoms with Crippen LogP contribution in [0.15, 0.2) is 59.3 Å². The molecule has 4 rings (SSSR count). The Morgan fingerprint density at radius 1 is 1.12 bits per heavy atom. The Morgan fingerprint density at radius 3 is 2.56 bits per heavy atom. The number of methoxy groups -OCH3 is 1. The number of nitrogens with zero attached hydrogens (tertiary/aromatic N) is 1. The van der Waals surface area contributed by atoms with Gasteiger partial charge in [-0.2, -0.15) is 0 Å². The number of esters is 1. The van der Waals surface area contributed by atoms with E-state index in [1.54, 1.807) is 24.3 Å². The molecule has 3 amide bonds. The molecule has 2 aliphatic heterocycles. The Kier molecular flexibility index (Phi) is 6.95. The minimum Gasteiger partial charge on any atom is -0.465 e. The van der Waals surface area contributed by atoms with E-state index in [0.29, 0.717) is 24.4 Å².